The molecule has 4 rings (SSSR count). The Balaban J connectivity index is -0.000000186. The molecule has 0 N–H and O–H groups in total. The second-order valence-electron chi connectivity index (χ2n) is 25.7. The Labute approximate surface area is 375 Å². The first kappa shape index (κ1) is 67.0. The van der Waals surface area contributed by atoms with Crippen molar-refractivity contribution in [1.82, 2.24) is 4.90 Å². The third-order valence-corrected chi connectivity index (χ3v) is 14.7. The Bertz CT molecular complexity index is 902. The summed E-state index contributed by atoms with van der Waals surface area (Å²) >= 11 is 0. The molecule has 3 fully saturated rings. The summed E-state index contributed by atoms with van der Waals surface area (Å²) in [5.74, 6) is 0. The summed E-state index contributed by atoms with van der Waals surface area (Å²) in [6.45, 7) is 63.9. The fraction of sp³-hybridized carbons (Fsp3) is 0.964. The maximum absolute atomic E-state index is 2.49. The second kappa shape index (κ2) is 31.7. The van der Waals surface area contributed by atoms with E-state index in [4.69, 9.17) is 0 Å². The van der Waals surface area contributed by atoms with E-state index >= 15 is 0 Å². The van der Waals surface area contributed by atoms with Gasteiger partial charge in [0.2, 0.25) is 0 Å². The van der Waals surface area contributed by atoms with Gasteiger partial charge >= 0.3 is 0 Å². The normalized spacial score (nSPS) is 20.0. The second-order valence-corrected chi connectivity index (χ2v) is 31.5. The zero-order valence-electron chi connectivity index (χ0n) is 47.2. The summed E-state index contributed by atoms with van der Waals surface area (Å²) < 4.78 is 0. The number of hydrogen-bond acceptors (Lipinski definition) is 1. The number of unbranched alkanes of at least 4 members (excludes halogenated alkanes) is 4. The van der Waals surface area contributed by atoms with Crippen LogP contribution < -0.4 is 0 Å². The minimum absolute atomic E-state index is 0.420. The number of hydrogen-bond donors (Lipinski definition) is 0. The zero-order chi connectivity index (χ0) is 47.5. The van der Waals surface area contributed by atoms with Crippen molar-refractivity contribution >= 4 is 8.07 Å². The van der Waals surface area contributed by atoms with Crippen LogP contribution in [-0.2, 0) is 0 Å². The molecule has 1 heterocycles. The van der Waals surface area contributed by atoms with E-state index in [1.54, 1.807) is 11.1 Å². The van der Waals surface area contributed by atoms with Gasteiger partial charge in [0.25, 0.3) is 0 Å². The van der Waals surface area contributed by atoms with Crippen molar-refractivity contribution in [3.63, 3.8) is 0 Å². The van der Waals surface area contributed by atoms with Gasteiger partial charge in [0, 0.05) is 19.2 Å². The summed E-state index contributed by atoms with van der Waals surface area (Å²) in [6, 6.07) is 1.41. The topological polar surface area (TPSA) is 3.24 Å². The van der Waals surface area contributed by atoms with E-state index in [-0.39, 0.29) is 0 Å². The lowest BCUT2D eigenvalue weighted by molar-refractivity contribution is 0.115. The number of likely N-dealkylation sites (tertiary alicyclic amines) is 1. The van der Waals surface area contributed by atoms with Gasteiger partial charge < -0.3 is 0 Å². The molecule has 58 heavy (non-hydrogen) atoms. The number of allylic oxidation sites excluding steroid dienone is 2. The van der Waals surface area contributed by atoms with Crippen molar-refractivity contribution in [2.24, 2.45) is 27.1 Å². The molecule has 3 aliphatic carbocycles. The maximum Gasteiger partial charge on any atom is 0.0439 e. The van der Waals surface area contributed by atoms with Crippen molar-refractivity contribution in [1.29, 1.82) is 0 Å². The van der Waals surface area contributed by atoms with Crippen molar-refractivity contribution in [3.8, 4) is 0 Å². The highest BCUT2D eigenvalue weighted by molar-refractivity contribution is 6.75. The molecule has 356 valence electrons. The Hall–Kier alpha value is -0.0831. The van der Waals surface area contributed by atoms with E-state index in [2.05, 4.69) is 191 Å². The molecule has 1 aliphatic heterocycles. The fourth-order valence-electron chi connectivity index (χ4n) is 6.04. The van der Waals surface area contributed by atoms with E-state index in [0.717, 1.165) is 5.41 Å². The Kier molecular flexibility index (Phi) is 36.6. The maximum atomic E-state index is 2.49. The monoisotopic (exact) mass is 838 g/mol. The van der Waals surface area contributed by atoms with Crippen LogP contribution in [-0.4, -0.2) is 31.1 Å². The van der Waals surface area contributed by atoms with Crippen molar-refractivity contribution in [2.75, 3.05) is 7.05 Å². The molecule has 0 spiro atoms. The molecule has 0 unspecified atom stereocenters. The third kappa shape index (κ3) is 47.0. The zero-order valence-corrected chi connectivity index (χ0v) is 48.2. The molecule has 0 aromatic heterocycles. The lowest BCUT2D eigenvalue weighted by Crippen LogP contribution is -2.44. The minimum atomic E-state index is -0.631. The van der Waals surface area contributed by atoms with E-state index in [1.165, 1.54) is 115 Å². The van der Waals surface area contributed by atoms with Crippen molar-refractivity contribution < 1.29 is 0 Å². The molecule has 0 aromatic rings. The predicted molar refractivity (Wildman–Crippen MR) is 281 cm³/mol. The summed E-state index contributed by atoms with van der Waals surface area (Å²) in [5, 5.41) is 0. The lowest BCUT2D eigenvalue weighted by atomic mass is 9.81. The summed E-state index contributed by atoms with van der Waals surface area (Å²) in [7, 11) is 1.60. The van der Waals surface area contributed by atoms with E-state index in [9.17, 15) is 0 Å². The van der Waals surface area contributed by atoms with Crippen LogP contribution >= 0.6 is 0 Å². The molecule has 0 amide bonds. The average Bonchev–Trinajstić information content (AvgIpc) is 3.68. The van der Waals surface area contributed by atoms with Crippen LogP contribution in [0.25, 0.3) is 0 Å². The molecular weight excluding hydrogens is 715 g/mol. The van der Waals surface area contributed by atoms with Crippen LogP contribution in [0.2, 0.25) is 25.7 Å². The fourth-order valence-corrected chi connectivity index (χ4v) is 6.04. The molecular formula is C56H123NSi. The van der Waals surface area contributed by atoms with Gasteiger partial charge in [-0.15, -0.1) is 0 Å². The number of nitrogens with zero attached hydrogens (tertiary/aromatic N) is 1. The van der Waals surface area contributed by atoms with E-state index < -0.39 is 8.07 Å². The standard InChI is InChI=1S/C10H22.C9H19N.C9H18.C6H10.C6H14.C5H14Si.C5H10.C4H10.C2H6/c1-9(2,3)7-8-10(4,5)6;1-8(2)6-7-9(3,4)10(8)5;1-8(2)5-6-9(3,4)7-8;1-5-3-4-6(5)2;1-3-5-6-4-2;1-5-6(2,3)4;1-5(2)3-4-5;1-3-4-2;1-2/h7-8H2,1-6H3;6-7H2,1-5H3;5-7H2,1-4H3;3-4H2,1-2H3;3-6H2,1-2H3;5H2,1-4H3;3-4H2,1-2H3;3-4H2,1-2H3;1-2H3. The summed E-state index contributed by atoms with van der Waals surface area (Å²) in [6.07, 6.45) is 23.3. The Morgan fingerprint density at radius 3 is 0.810 bits per heavy atom. The van der Waals surface area contributed by atoms with E-state index in [0.29, 0.717) is 32.7 Å². The van der Waals surface area contributed by atoms with Crippen molar-refractivity contribution in [2.45, 2.75) is 319 Å². The molecule has 2 saturated carbocycles. The Morgan fingerprint density at radius 1 is 0.483 bits per heavy atom. The van der Waals surface area contributed by atoms with Crippen LogP contribution in [0.3, 0.4) is 0 Å². The molecule has 0 bridgehead atoms. The summed E-state index contributed by atoms with van der Waals surface area (Å²) in [5.41, 5.74) is 7.07. The highest BCUT2D eigenvalue weighted by atomic mass is 28.3. The van der Waals surface area contributed by atoms with Crippen LogP contribution in [0, 0.1) is 27.1 Å². The highest BCUT2D eigenvalue weighted by Crippen LogP contribution is 2.48. The average molecular weight is 839 g/mol. The predicted octanol–water partition coefficient (Wildman–Crippen LogP) is 21.0. The van der Waals surface area contributed by atoms with Crippen molar-refractivity contribution in [3.05, 3.63) is 11.1 Å². The third-order valence-electron chi connectivity index (χ3n) is 12.6. The van der Waals surface area contributed by atoms with Gasteiger partial charge in [-0.25, -0.2) is 0 Å². The quantitative estimate of drug-likeness (QED) is 0.146. The molecule has 2 heteroatoms. The highest BCUT2D eigenvalue weighted by Gasteiger charge is 2.41. The lowest BCUT2D eigenvalue weighted by Gasteiger charge is -2.36. The SMILES string of the molecule is CC.CC(C)(C)CCC(C)(C)C.CC1(C)CC1.CC1(C)CCC(C)(C)C1.CC1=C(C)CC1.CCCC.CCCCCC.CC[Si](C)(C)C.CN1C(C)(C)CCC1(C)C. The van der Waals surface area contributed by atoms with Gasteiger partial charge in [0.05, 0.1) is 0 Å². The molecule has 0 aromatic carbocycles. The molecule has 0 atom stereocenters. The van der Waals surface area contributed by atoms with Gasteiger partial charge in [0.1, 0.15) is 0 Å². The largest absolute Gasteiger partial charge is 0.296 e. The Morgan fingerprint density at radius 2 is 0.741 bits per heavy atom. The van der Waals surface area contributed by atoms with Gasteiger partial charge in [-0.05, 0) is 146 Å². The molecule has 1 nitrogen and oxygen atoms in total. The minimum Gasteiger partial charge on any atom is -0.296 e. The smallest absolute Gasteiger partial charge is 0.0439 e. The first-order chi connectivity index (χ1) is 25.9. The van der Waals surface area contributed by atoms with Gasteiger partial charge in [-0.3, -0.25) is 4.90 Å². The van der Waals surface area contributed by atoms with Gasteiger partial charge in [-0.2, -0.15) is 0 Å². The van der Waals surface area contributed by atoms with Crippen LogP contribution in [0.15, 0.2) is 11.1 Å². The van der Waals surface area contributed by atoms with E-state index in [1.807, 2.05) is 13.8 Å². The van der Waals surface area contributed by atoms with Crippen LogP contribution in [0.1, 0.15) is 282 Å². The van der Waals surface area contributed by atoms with Crippen LogP contribution in [0.5, 0.6) is 0 Å². The first-order valence-corrected chi connectivity index (χ1v) is 29.0. The summed E-state index contributed by atoms with van der Waals surface area (Å²) in [4.78, 5) is 2.49. The number of rotatable bonds is 6. The first-order valence-electron chi connectivity index (χ1n) is 25.3. The van der Waals surface area contributed by atoms with Gasteiger partial charge in [0.15, 0.2) is 0 Å². The molecule has 4 aliphatic rings. The van der Waals surface area contributed by atoms with Gasteiger partial charge in [-0.1, -0.05) is 207 Å². The van der Waals surface area contributed by atoms with Crippen LogP contribution in [0.4, 0.5) is 0 Å². The molecule has 1 saturated heterocycles. The molecule has 0 radical (unpaired) electrons.